The smallest absolute Gasteiger partial charge is 0.220 e. The number of fused-ring (bicyclic) bond motifs is 1. The van der Waals surface area contributed by atoms with Gasteiger partial charge in [0, 0.05) is 31.3 Å². The quantitative estimate of drug-likeness (QED) is 0.761. The van der Waals surface area contributed by atoms with Crippen molar-refractivity contribution in [2.45, 2.75) is 32.4 Å². The van der Waals surface area contributed by atoms with Crippen molar-refractivity contribution in [2.75, 3.05) is 0 Å². The topological polar surface area (TPSA) is 59.8 Å². The van der Waals surface area contributed by atoms with Crippen molar-refractivity contribution >= 4 is 27.5 Å². The lowest BCUT2D eigenvalue weighted by Crippen LogP contribution is -2.35. The van der Waals surface area contributed by atoms with Gasteiger partial charge in [-0.05, 0) is 25.1 Å². The summed E-state index contributed by atoms with van der Waals surface area (Å²) in [4.78, 5) is 16.6. The maximum atomic E-state index is 12.0. The molecule has 114 valence electrons. The van der Waals surface area contributed by atoms with Crippen molar-refractivity contribution in [3.8, 4) is 0 Å². The summed E-state index contributed by atoms with van der Waals surface area (Å²) >= 11 is 1.66. The molecular formula is C16H18N4OS. The predicted molar refractivity (Wildman–Crippen MR) is 87.8 cm³/mol. The minimum Gasteiger partial charge on any atom is -0.352 e. The molecule has 0 fully saturated rings. The van der Waals surface area contributed by atoms with Crippen LogP contribution in [-0.4, -0.2) is 26.7 Å². The summed E-state index contributed by atoms with van der Waals surface area (Å²) in [5, 5.41) is 8.15. The normalized spacial score (nSPS) is 12.4. The van der Waals surface area contributed by atoms with E-state index in [1.165, 1.54) is 4.70 Å². The van der Waals surface area contributed by atoms with Gasteiger partial charge in [0.1, 0.15) is 0 Å². The van der Waals surface area contributed by atoms with Gasteiger partial charge in [-0.15, -0.1) is 11.3 Å². The number of aryl methyl sites for hydroxylation is 1. The summed E-state index contributed by atoms with van der Waals surface area (Å²) in [6.45, 7) is 2.66. The zero-order chi connectivity index (χ0) is 15.4. The molecule has 1 unspecified atom stereocenters. The number of carbonyl (C=O) groups is 1. The Morgan fingerprint density at radius 2 is 2.23 bits per heavy atom. The van der Waals surface area contributed by atoms with Gasteiger partial charge in [-0.25, -0.2) is 4.98 Å². The second-order valence-electron chi connectivity index (χ2n) is 5.27. The molecule has 2 heterocycles. The van der Waals surface area contributed by atoms with Crippen LogP contribution in [0.5, 0.6) is 0 Å². The van der Waals surface area contributed by atoms with E-state index in [4.69, 9.17) is 0 Å². The molecule has 1 amide bonds. The monoisotopic (exact) mass is 314 g/mol. The third-order valence-electron chi connectivity index (χ3n) is 3.33. The molecule has 2 aromatic heterocycles. The molecule has 22 heavy (non-hydrogen) atoms. The summed E-state index contributed by atoms with van der Waals surface area (Å²) in [7, 11) is 0. The zero-order valence-corrected chi connectivity index (χ0v) is 13.2. The van der Waals surface area contributed by atoms with E-state index in [-0.39, 0.29) is 11.9 Å². The summed E-state index contributed by atoms with van der Waals surface area (Å²) in [5.41, 5.74) is 1.01. The fourth-order valence-corrected chi connectivity index (χ4v) is 3.30. The minimum atomic E-state index is 0.0545. The summed E-state index contributed by atoms with van der Waals surface area (Å²) in [6, 6.07) is 9.98. The van der Waals surface area contributed by atoms with Crippen molar-refractivity contribution in [2.24, 2.45) is 0 Å². The lowest BCUT2D eigenvalue weighted by Gasteiger charge is -2.13. The average Bonchev–Trinajstić information content (AvgIpc) is 3.13. The molecule has 0 saturated heterocycles. The number of benzene rings is 1. The van der Waals surface area contributed by atoms with E-state index in [1.54, 1.807) is 17.5 Å². The highest BCUT2D eigenvalue weighted by Gasteiger charge is 2.10. The van der Waals surface area contributed by atoms with Crippen LogP contribution in [0.3, 0.4) is 0 Å². The van der Waals surface area contributed by atoms with Crippen molar-refractivity contribution in [3.63, 3.8) is 0 Å². The Kier molecular flexibility index (Phi) is 4.48. The van der Waals surface area contributed by atoms with Crippen LogP contribution in [0.15, 0.2) is 42.7 Å². The standard InChI is InChI=1S/C16H18N4OS/c1-12(11-20-10-4-9-17-20)18-15(21)7-8-16-19-13-5-2-3-6-14(13)22-16/h2-6,9-10,12H,7-8,11H2,1H3,(H,18,21). The Bertz CT molecular complexity index is 717. The lowest BCUT2D eigenvalue weighted by molar-refractivity contribution is -0.121. The highest BCUT2D eigenvalue weighted by atomic mass is 32.1. The zero-order valence-electron chi connectivity index (χ0n) is 12.4. The molecule has 0 aliphatic carbocycles. The number of thiazole rings is 1. The number of hydrogen-bond donors (Lipinski definition) is 1. The number of rotatable bonds is 6. The van der Waals surface area contributed by atoms with Gasteiger partial charge in [0.25, 0.3) is 0 Å². The fraction of sp³-hybridized carbons (Fsp3) is 0.312. The Morgan fingerprint density at radius 1 is 1.36 bits per heavy atom. The molecular weight excluding hydrogens is 296 g/mol. The van der Waals surface area contributed by atoms with E-state index in [2.05, 4.69) is 21.5 Å². The molecule has 3 aromatic rings. The van der Waals surface area contributed by atoms with Crippen LogP contribution in [0.25, 0.3) is 10.2 Å². The molecule has 0 spiro atoms. The molecule has 3 rings (SSSR count). The fourth-order valence-electron chi connectivity index (χ4n) is 2.33. The van der Waals surface area contributed by atoms with Gasteiger partial charge in [-0.1, -0.05) is 12.1 Å². The molecule has 1 atom stereocenters. The van der Waals surface area contributed by atoms with Crippen LogP contribution < -0.4 is 5.32 Å². The van der Waals surface area contributed by atoms with Crippen molar-refractivity contribution in [1.82, 2.24) is 20.1 Å². The van der Waals surface area contributed by atoms with Gasteiger partial charge >= 0.3 is 0 Å². The Labute approximate surface area is 133 Å². The highest BCUT2D eigenvalue weighted by molar-refractivity contribution is 7.18. The van der Waals surface area contributed by atoms with E-state index in [1.807, 2.05) is 42.1 Å². The Morgan fingerprint density at radius 3 is 3.00 bits per heavy atom. The van der Waals surface area contributed by atoms with Crippen LogP contribution in [0.1, 0.15) is 18.4 Å². The molecule has 0 aliphatic heterocycles. The molecule has 1 aromatic carbocycles. The van der Waals surface area contributed by atoms with Gasteiger partial charge in [0.15, 0.2) is 0 Å². The first kappa shape index (κ1) is 14.7. The maximum Gasteiger partial charge on any atom is 0.220 e. The number of carbonyl (C=O) groups excluding carboxylic acids is 1. The first-order valence-electron chi connectivity index (χ1n) is 7.32. The van der Waals surface area contributed by atoms with Gasteiger partial charge in [-0.3, -0.25) is 9.48 Å². The third kappa shape index (κ3) is 3.71. The van der Waals surface area contributed by atoms with E-state index in [0.29, 0.717) is 19.4 Å². The van der Waals surface area contributed by atoms with E-state index in [0.717, 1.165) is 10.5 Å². The molecule has 5 nitrogen and oxygen atoms in total. The Balaban J connectivity index is 1.49. The van der Waals surface area contributed by atoms with E-state index < -0.39 is 0 Å². The minimum absolute atomic E-state index is 0.0545. The van der Waals surface area contributed by atoms with Crippen molar-refractivity contribution in [3.05, 3.63) is 47.7 Å². The predicted octanol–water partition coefficient (Wildman–Crippen LogP) is 2.63. The Hall–Kier alpha value is -2.21. The lowest BCUT2D eigenvalue weighted by atomic mass is 10.2. The first-order valence-corrected chi connectivity index (χ1v) is 8.13. The number of hydrogen-bond acceptors (Lipinski definition) is 4. The number of aromatic nitrogens is 3. The molecule has 0 aliphatic rings. The molecule has 0 bridgehead atoms. The molecule has 0 saturated carbocycles. The second-order valence-corrected chi connectivity index (χ2v) is 6.39. The SMILES string of the molecule is CC(Cn1cccn1)NC(=O)CCc1nc2ccccc2s1. The number of amides is 1. The summed E-state index contributed by atoms with van der Waals surface area (Å²) in [6.07, 6.45) is 4.77. The second kappa shape index (κ2) is 6.70. The highest BCUT2D eigenvalue weighted by Crippen LogP contribution is 2.22. The summed E-state index contributed by atoms with van der Waals surface area (Å²) < 4.78 is 2.99. The third-order valence-corrected chi connectivity index (χ3v) is 4.43. The van der Waals surface area contributed by atoms with Gasteiger partial charge < -0.3 is 5.32 Å². The van der Waals surface area contributed by atoms with Crippen LogP contribution in [-0.2, 0) is 17.8 Å². The molecule has 6 heteroatoms. The van der Waals surface area contributed by atoms with Gasteiger partial charge in [-0.2, -0.15) is 5.10 Å². The summed E-state index contributed by atoms with van der Waals surface area (Å²) in [5.74, 6) is 0.0545. The van der Waals surface area contributed by atoms with Gasteiger partial charge in [0.2, 0.25) is 5.91 Å². The first-order chi connectivity index (χ1) is 10.7. The van der Waals surface area contributed by atoms with Crippen LogP contribution in [0, 0.1) is 0 Å². The van der Waals surface area contributed by atoms with Crippen molar-refractivity contribution in [1.29, 1.82) is 0 Å². The van der Waals surface area contributed by atoms with Crippen LogP contribution in [0.4, 0.5) is 0 Å². The van der Waals surface area contributed by atoms with Crippen molar-refractivity contribution < 1.29 is 4.79 Å². The molecule has 0 radical (unpaired) electrons. The molecule has 1 N–H and O–H groups in total. The largest absolute Gasteiger partial charge is 0.352 e. The average molecular weight is 314 g/mol. The van der Waals surface area contributed by atoms with E-state index >= 15 is 0 Å². The number of para-hydroxylation sites is 1. The number of nitrogens with one attached hydrogen (secondary N) is 1. The maximum absolute atomic E-state index is 12.0. The van der Waals surface area contributed by atoms with Gasteiger partial charge in [0.05, 0.1) is 21.8 Å². The number of nitrogens with zero attached hydrogens (tertiary/aromatic N) is 3. The van der Waals surface area contributed by atoms with Crippen LogP contribution >= 0.6 is 11.3 Å². The van der Waals surface area contributed by atoms with E-state index in [9.17, 15) is 4.79 Å². The van der Waals surface area contributed by atoms with Crippen LogP contribution in [0.2, 0.25) is 0 Å².